The molecule has 0 aliphatic carbocycles. The molecule has 6 nitrogen and oxygen atoms in total. The van der Waals surface area contributed by atoms with Crippen molar-refractivity contribution >= 4 is 11.6 Å². The largest absolute Gasteiger partial charge is 0.492 e. The number of hydrogen-bond acceptors (Lipinski definition) is 3. The number of pyridine rings is 1. The van der Waals surface area contributed by atoms with E-state index in [0.29, 0.717) is 19.7 Å². The van der Waals surface area contributed by atoms with Crippen LogP contribution in [0.4, 0.5) is 0 Å². The van der Waals surface area contributed by atoms with Gasteiger partial charge in [0.05, 0.1) is 12.2 Å². The standard InChI is InChI=1S/C21H27N5O/c1-3-22-21(24-13-15-27-19-9-5-4-6-10-19)23-12-11-18-16-26-14-7-8-17(2)20(26)25-18/h4-10,14,16H,3,11-13,15H2,1-2H3,(H2,22,23,24). The number of fused-ring (bicyclic) bond motifs is 1. The van der Waals surface area contributed by atoms with E-state index in [2.05, 4.69) is 46.1 Å². The van der Waals surface area contributed by atoms with Gasteiger partial charge in [-0.1, -0.05) is 24.3 Å². The lowest BCUT2D eigenvalue weighted by atomic mass is 10.3. The third kappa shape index (κ3) is 5.48. The van der Waals surface area contributed by atoms with Crippen LogP contribution in [0.5, 0.6) is 5.75 Å². The van der Waals surface area contributed by atoms with Crippen molar-refractivity contribution in [1.29, 1.82) is 0 Å². The van der Waals surface area contributed by atoms with Crippen LogP contribution in [0.15, 0.2) is 59.9 Å². The Balaban J connectivity index is 1.48. The van der Waals surface area contributed by atoms with Crippen LogP contribution in [-0.2, 0) is 6.42 Å². The number of imidazole rings is 1. The van der Waals surface area contributed by atoms with E-state index in [1.807, 2.05) is 42.6 Å². The van der Waals surface area contributed by atoms with Crippen molar-refractivity contribution < 1.29 is 4.74 Å². The van der Waals surface area contributed by atoms with Gasteiger partial charge in [-0.05, 0) is 37.6 Å². The molecule has 27 heavy (non-hydrogen) atoms. The quantitative estimate of drug-likeness (QED) is 0.366. The van der Waals surface area contributed by atoms with Crippen LogP contribution in [0.3, 0.4) is 0 Å². The number of aryl methyl sites for hydroxylation is 1. The van der Waals surface area contributed by atoms with Crippen molar-refractivity contribution in [3.05, 3.63) is 66.1 Å². The average Bonchev–Trinajstić information content (AvgIpc) is 3.10. The van der Waals surface area contributed by atoms with Gasteiger partial charge in [0, 0.05) is 31.9 Å². The molecule has 0 fully saturated rings. The first-order valence-electron chi connectivity index (χ1n) is 9.39. The minimum absolute atomic E-state index is 0.583. The number of aromatic nitrogens is 2. The van der Waals surface area contributed by atoms with Gasteiger partial charge in [0.2, 0.25) is 0 Å². The number of ether oxygens (including phenoxy) is 1. The molecule has 1 aromatic carbocycles. The van der Waals surface area contributed by atoms with Crippen LogP contribution in [0.1, 0.15) is 18.2 Å². The molecule has 0 saturated carbocycles. The molecular weight excluding hydrogens is 338 g/mol. The summed E-state index contributed by atoms with van der Waals surface area (Å²) >= 11 is 0. The smallest absolute Gasteiger partial charge is 0.191 e. The lowest BCUT2D eigenvalue weighted by Gasteiger charge is -2.12. The van der Waals surface area contributed by atoms with Crippen LogP contribution >= 0.6 is 0 Å². The lowest BCUT2D eigenvalue weighted by Crippen LogP contribution is -2.39. The number of hydrogen-bond donors (Lipinski definition) is 2. The maximum Gasteiger partial charge on any atom is 0.191 e. The monoisotopic (exact) mass is 365 g/mol. The Bertz CT molecular complexity index is 873. The van der Waals surface area contributed by atoms with Crippen LogP contribution in [0.25, 0.3) is 5.65 Å². The van der Waals surface area contributed by atoms with Gasteiger partial charge < -0.3 is 19.8 Å². The fourth-order valence-electron chi connectivity index (χ4n) is 2.80. The Morgan fingerprint density at radius 3 is 2.78 bits per heavy atom. The van der Waals surface area contributed by atoms with Crippen molar-refractivity contribution in [3.8, 4) is 5.75 Å². The summed E-state index contributed by atoms with van der Waals surface area (Å²) in [5.41, 5.74) is 3.25. The molecule has 0 saturated heterocycles. The second kappa shape index (κ2) is 9.62. The predicted molar refractivity (Wildman–Crippen MR) is 110 cm³/mol. The van der Waals surface area contributed by atoms with Gasteiger partial charge in [0.25, 0.3) is 0 Å². The van der Waals surface area contributed by atoms with Gasteiger partial charge in [0.15, 0.2) is 5.96 Å². The van der Waals surface area contributed by atoms with E-state index in [1.165, 1.54) is 5.56 Å². The number of para-hydroxylation sites is 1. The molecule has 6 heteroatoms. The second-order valence-electron chi connectivity index (χ2n) is 6.25. The molecule has 3 rings (SSSR count). The van der Waals surface area contributed by atoms with Gasteiger partial charge in [-0.3, -0.25) is 4.99 Å². The summed E-state index contributed by atoms with van der Waals surface area (Å²) in [6, 6.07) is 13.9. The fourth-order valence-corrected chi connectivity index (χ4v) is 2.80. The minimum atomic E-state index is 0.583. The summed E-state index contributed by atoms with van der Waals surface area (Å²) in [4.78, 5) is 9.33. The highest BCUT2D eigenvalue weighted by Crippen LogP contribution is 2.10. The molecule has 2 aromatic heterocycles. The SMILES string of the molecule is CCNC(=NCCc1cn2cccc(C)c2n1)NCCOc1ccccc1. The minimum Gasteiger partial charge on any atom is -0.492 e. The molecule has 0 aliphatic rings. The van der Waals surface area contributed by atoms with Crippen molar-refractivity contribution in [2.75, 3.05) is 26.2 Å². The van der Waals surface area contributed by atoms with Crippen molar-refractivity contribution in [1.82, 2.24) is 20.0 Å². The number of nitrogens with zero attached hydrogens (tertiary/aromatic N) is 3. The van der Waals surface area contributed by atoms with Gasteiger partial charge >= 0.3 is 0 Å². The highest BCUT2D eigenvalue weighted by atomic mass is 16.5. The van der Waals surface area contributed by atoms with Crippen molar-refractivity contribution in [2.24, 2.45) is 4.99 Å². The van der Waals surface area contributed by atoms with E-state index in [4.69, 9.17) is 9.72 Å². The number of benzene rings is 1. The number of guanidine groups is 1. The summed E-state index contributed by atoms with van der Waals surface area (Å²) in [5, 5.41) is 6.56. The van der Waals surface area contributed by atoms with Gasteiger partial charge in [-0.15, -0.1) is 0 Å². The Hall–Kier alpha value is -3.02. The van der Waals surface area contributed by atoms with Crippen LogP contribution in [0, 0.1) is 6.92 Å². The molecule has 0 atom stereocenters. The van der Waals surface area contributed by atoms with Crippen molar-refractivity contribution in [2.45, 2.75) is 20.3 Å². The Kier molecular flexibility index (Phi) is 6.68. The molecular formula is C21H27N5O. The van der Waals surface area contributed by atoms with Crippen LogP contribution in [0.2, 0.25) is 0 Å². The summed E-state index contributed by atoms with van der Waals surface area (Å²) in [5.74, 6) is 1.68. The summed E-state index contributed by atoms with van der Waals surface area (Å²) in [6.45, 7) is 6.91. The van der Waals surface area contributed by atoms with Crippen molar-refractivity contribution in [3.63, 3.8) is 0 Å². The number of nitrogens with one attached hydrogen (secondary N) is 2. The van der Waals surface area contributed by atoms with E-state index in [1.54, 1.807) is 0 Å². The molecule has 0 amide bonds. The summed E-state index contributed by atoms with van der Waals surface area (Å²) < 4.78 is 7.76. The molecule has 0 spiro atoms. The maximum absolute atomic E-state index is 5.70. The van der Waals surface area contributed by atoms with Gasteiger partial charge in [-0.25, -0.2) is 4.98 Å². The predicted octanol–water partition coefficient (Wildman–Crippen LogP) is 2.82. The molecule has 3 aromatic rings. The molecule has 2 N–H and O–H groups in total. The Morgan fingerprint density at radius 2 is 2.00 bits per heavy atom. The van der Waals surface area contributed by atoms with E-state index in [9.17, 15) is 0 Å². The van der Waals surface area contributed by atoms with Gasteiger partial charge in [0.1, 0.15) is 18.0 Å². The van der Waals surface area contributed by atoms with E-state index in [-0.39, 0.29) is 0 Å². The first-order chi connectivity index (χ1) is 13.3. The van der Waals surface area contributed by atoms with Crippen LogP contribution in [-0.4, -0.2) is 41.6 Å². The van der Waals surface area contributed by atoms with Gasteiger partial charge in [-0.2, -0.15) is 0 Å². The molecule has 0 radical (unpaired) electrons. The normalized spacial score (nSPS) is 11.6. The summed E-state index contributed by atoms with van der Waals surface area (Å²) in [7, 11) is 0. The van der Waals surface area contributed by atoms with E-state index in [0.717, 1.165) is 36.0 Å². The first-order valence-corrected chi connectivity index (χ1v) is 9.39. The summed E-state index contributed by atoms with van der Waals surface area (Å²) in [6.07, 6.45) is 4.91. The zero-order valence-corrected chi connectivity index (χ0v) is 16.0. The molecule has 142 valence electrons. The highest BCUT2D eigenvalue weighted by Gasteiger charge is 2.04. The zero-order chi connectivity index (χ0) is 18.9. The molecule has 0 unspecified atom stereocenters. The lowest BCUT2D eigenvalue weighted by molar-refractivity contribution is 0.322. The first kappa shape index (κ1) is 18.8. The molecule has 2 heterocycles. The third-order valence-corrected chi connectivity index (χ3v) is 4.12. The van der Waals surface area contributed by atoms with Crippen LogP contribution < -0.4 is 15.4 Å². The number of aliphatic imine (C=N–C) groups is 1. The third-order valence-electron chi connectivity index (χ3n) is 4.12. The maximum atomic E-state index is 5.70. The topological polar surface area (TPSA) is 63.0 Å². The zero-order valence-electron chi connectivity index (χ0n) is 16.0. The highest BCUT2D eigenvalue weighted by molar-refractivity contribution is 5.79. The van der Waals surface area contributed by atoms with E-state index >= 15 is 0 Å². The molecule has 0 bridgehead atoms. The average molecular weight is 365 g/mol. The second-order valence-corrected chi connectivity index (χ2v) is 6.25. The fraction of sp³-hybridized carbons (Fsp3) is 0.333. The molecule has 0 aliphatic heterocycles. The number of rotatable bonds is 8. The Morgan fingerprint density at radius 1 is 1.15 bits per heavy atom. The van der Waals surface area contributed by atoms with E-state index < -0.39 is 0 Å². The Labute approximate surface area is 160 Å².